The van der Waals surface area contributed by atoms with Gasteiger partial charge in [0.2, 0.25) is 0 Å². The van der Waals surface area contributed by atoms with Crippen molar-refractivity contribution in [2.75, 3.05) is 0 Å². The molecule has 0 aliphatic rings. The Bertz CT molecular complexity index is 254. The first-order valence-electron chi connectivity index (χ1n) is 3.76. The van der Waals surface area contributed by atoms with Crippen LogP contribution in [0.4, 0.5) is 0 Å². The molecule has 1 rings (SSSR count). The molecule has 0 aromatic heterocycles. The lowest BCUT2D eigenvalue weighted by Crippen LogP contribution is -2.25. The fourth-order valence-electron chi connectivity index (χ4n) is 0.952. The van der Waals surface area contributed by atoms with Crippen molar-refractivity contribution >= 4 is 26.6 Å². The van der Waals surface area contributed by atoms with Crippen LogP contribution in [0.25, 0.3) is 0 Å². The third-order valence-electron chi connectivity index (χ3n) is 1.78. The molecule has 0 aliphatic heterocycles. The molecule has 0 amide bonds. The quantitative estimate of drug-likeness (QED) is 0.495. The van der Waals surface area contributed by atoms with Crippen LogP contribution in [0.5, 0.6) is 0 Å². The third kappa shape index (κ3) is 1.89. The summed E-state index contributed by atoms with van der Waals surface area (Å²) in [4.78, 5) is 0. The molecule has 1 aromatic rings. The Hall–Kier alpha value is -0.650. The number of rotatable bonds is 1. The SMILES string of the molecule is [B]c1ccc(C(C)C)cc1[B]. The first kappa shape index (κ1) is 8.45. The molecule has 0 bridgehead atoms. The van der Waals surface area contributed by atoms with Crippen molar-refractivity contribution in [2.45, 2.75) is 19.8 Å². The minimum atomic E-state index is 0.512. The number of hydrogen-bond acceptors (Lipinski definition) is 0. The van der Waals surface area contributed by atoms with E-state index >= 15 is 0 Å². The first-order valence-corrected chi connectivity index (χ1v) is 3.76. The fraction of sp³-hybridized carbons (Fsp3) is 0.333. The second-order valence-corrected chi connectivity index (χ2v) is 3.04. The van der Waals surface area contributed by atoms with Gasteiger partial charge in [-0.15, -0.1) is 10.9 Å². The highest BCUT2D eigenvalue weighted by atomic mass is 14.0. The van der Waals surface area contributed by atoms with Gasteiger partial charge in [-0.1, -0.05) is 32.0 Å². The number of hydrogen-bond donors (Lipinski definition) is 0. The maximum atomic E-state index is 5.63. The molecule has 0 saturated carbocycles. The Morgan fingerprint density at radius 2 is 1.73 bits per heavy atom. The third-order valence-corrected chi connectivity index (χ3v) is 1.78. The van der Waals surface area contributed by atoms with Crippen LogP contribution in [0, 0.1) is 0 Å². The van der Waals surface area contributed by atoms with Gasteiger partial charge in [0, 0.05) is 0 Å². The van der Waals surface area contributed by atoms with Gasteiger partial charge in [-0.3, -0.25) is 0 Å². The summed E-state index contributed by atoms with van der Waals surface area (Å²) < 4.78 is 0. The Labute approximate surface area is 70.8 Å². The summed E-state index contributed by atoms with van der Waals surface area (Å²) >= 11 is 0. The van der Waals surface area contributed by atoms with E-state index in [1.54, 1.807) is 0 Å². The molecule has 2 heteroatoms. The largest absolute Gasteiger partial charge is 0.112 e. The molecule has 0 N–H and O–H groups in total. The predicted octanol–water partition coefficient (Wildman–Crippen LogP) is 0.398. The van der Waals surface area contributed by atoms with E-state index in [2.05, 4.69) is 13.8 Å². The van der Waals surface area contributed by atoms with Gasteiger partial charge in [0.05, 0.1) is 0 Å². The standard InChI is InChI=1S/C9H10B2/c1-6(2)7-3-4-8(10)9(11)5-7/h3-6H,1-2H3. The van der Waals surface area contributed by atoms with Gasteiger partial charge in [0.25, 0.3) is 0 Å². The molecule has 0 saturated heterocycles. The summed E-state index contributed by atoms with van der Waals surface area (Å²) in [6.07, 6.45) is 0. The summed E-state index contributed by atoms with van der Waals surface area (Å²) in [6, 6.07) is 5.79. The van der Waals surface area contributed by atoms with Gasteiger partial charge >= 0.3 is 0 Å². The van der Waals surface area contributed by atoms with E-state index in [0.717, 1.165) is 0 Å². The average molecular weight is 140 g/mol. The molecule has 0 spiro atoms. The van der Waals surface area contributed by atoms with Crippen LogP contribution in [-0.2, 0) is 0 Å². The summed E-state index contributed by atoms with van der Waals surface area (Å²) in [5.41, 5.74) is 2.57. The van der Waals surface area contributed by atoms with Gasteiger partial charge in [-0.25, -0.2) is 0 Å². The van der Waals surface area contributed by atoms with E-state index in [0.29, 0.717) is 16.8 Å². The lowest BCUT2D eigenvalue weighted by Gasteiger charge is -2.08. The molecular formula is C9H10B2. The minimum Gasteiger partial charge on any atom is -0.104 e. The normalized spacial score (nSPS) is 10.5. The van der Waals surface area contributed by atoms with Crippen LogP contribution in [0.3, 0.4) is 0 Å². The molecule has 0 fully saturated rings. The van der Waals surface area contributed by atoms with Crippen LogP contribution in [0.1, 0.15) is 25.3 Å². The van der Waals surface area contributed by atoms with Crippen LogP contribution in [-0.4, -0.2) is 15.7 Å². The molecule has 0 nitrogen and oxygen atoms in total. The van der Waals surface area contributed by atoms with Gasteiger partial charge in [-0.2, -0.15) is 0 Å². The van der Waals surface area contributed by atoms with Crippen LogP contribution < -0.4 is 10.9 Å². The predicted molar refractivity (Wildman–Crippen MR) is 51.3 cm³/mol. The van der Waals surface area contributed by atoms with Crippen molar-refractivity contribution in [1.29, 1.82) is 0 Å². The van der Waals surface area contributed by atoms with Gasteiger partial charge in [0.15, 0.2) is 0 Å². The van der Waals surface area contributed by atoms with E-state index in [1.807, 2.05) is 18.2 Å². The van der Waals surface area contributed by atoms with E-state index in [1.165, 1.54) is 5.56 Å². The molecule has 0 heterocycles. The van der Waals surface area contributed by atoms with Crippen molar-refractivity contribution in [2.24, 2.45) is 0 Å². The Balaban J connectivity index is 3.05. The molecular weight excluding hydrogens is 130 g/mol. The second kappa shape index (κ2) is 3.17. The summed E-state index contributed by atoms with van der Waals surface area (Å²) in [5, 5.41) is 0. The van der Waals surface area contributed by atoms with Crippen LogP contribution in [0.2, 0.25) is 0 Å². The highest BCUT2D eigenvalue weighted by molar-refractivity contribution is 6.48. The van der Waals surface area contributed by atoms with Crippen LogP contribution >= 0.6 is 0 Å². The average Bonchev–Trinajstić information content (AvgIpc) is 1.94. The van der Waals surface area contributed by atoms with E-state index in [-0.39, 0.29) is 0 Å². The summed E-state index contributed by atoms with van der Waals surface area (Å²) in [7, 11) is 11.2. The van der Waals surface area contributed by atoms with Crippen molar-refractivity contribution < 1.29 is 0 Å². The zero-order valence-corrected chi connectivity index (χ0v) is 6.96. The first-order chi connectivity index (χ1) is 5.11. The van der Waals surface area contributed by atoms with Gasteiger partial charge in [0.1, 0.15) is 15.7 Å². The van der Waals surface area contributed by atoms with Gasteiger partial charge in [-0.05, 0) is 11.5 Å². The minimum absolute atomic E-state index is 0.512. The highest BCUT2D eigenvalue weighted by Gasteiger charge is 1.98. The lowest BCUT2D eigenvalue weighted by atomic mass is 9.79. The molecule has 52 valence electrons. The Kier molecular flexibility index (Phi) is 2.43. The zero-order valence-electron chi connectivity index (χ0n) is 6.96. The Morgan fingerprint density at radius 1 is 1.09 bits per heavy atom. The van der Waals surface area contributed by atoms with E-state index in [4.69, 9.17) is 15.7 Å². The zero-order chi connectivity index (χ0) is 8.43. The maximum absolute atomic E-state index is 5.63. The summed E-state index contributed by atoms with van der Waals surface area (Å²) in [5.74, 6) is 0.512. The topological polar surface area (TPSA) is 0 Å². The highest BCUT2D eigenvalue weighted by Crippen LogP contribution is 2.10. The smallest absolute Gasteiger partial charge is 0.104 e. The molecule has 1 aromatic carbocycles. The van der Waals surface area contributed by atoms with Crippen molar-refractivity contribution in [3.05, 3.63) is 23.8 Å². The van der Waals surface area contributed by atoms with Crippen molar-refractivity contribution in [1.82, 2.24) is 0 Å². The van der Waals surface area contributed by atoms with Crippen LogP contribution in [0.15, 0.2) is 18.2 Å². The number of benzene rings is 1. The van der Waals surface area contributed by atoms with E-state index < -0.39 is 0 Å². The van der Waals surface area contributed by atoms with E-state index in [9.17, 15) is 0 Å². The fourth-order valence-corrected chi connectivity index (χ4v) is 0.952. The Morgan fingerprint density at radius 3 is 2.18 bits per heavy atom. The van der Waals surface area contributed by atoms with Crippen molar-refractivity contribution in [3.63, 3.8) is 0 Å². The molecule has 0 atom stereocenters. The molecule has 0 unspecified atom stereocenters. The molecule has 11 heavy (non-hydrogen) atoms. The second-order valence-electron chi connectivity index (χ2n) is 3.04. The maximum Gasteiger partial charge on any atom is 0.112 e. The lowest BCUT2D eigenvalue weighted by molar-refractivity contribution is 0.868. The molecule has 0 aliphatic carbocycles. The molecule has 4 radical (unpaired) electrons. The monoisotopic (exact) mass is 140 g/mol. The van der Waals surface area contributed by atoms with Crippen molar-refractivity contribution in [3.8, 4) is 0 Å². The van der Waals surface area contributed by atoms with Gasteiger partial charge < -0.3 is 0 Å². The summed E-state index contributed by atoms with van der Waals surface area (Å²) in [6.45, 7) is 4.26.